The molecule has 0 saturated carbocycles. The maximum Gasteiger partial charge on any atom is 0.0352 e. The summed E-state index contributed by atoms with van der Waals surface area (Å²) in [7, 11) is 0. The number of nitrogens with one attached hydrogen (secondary N) is 1. The van der Waals surface area contributed by atoms with Crippen LogP contribution in [0.5, 0.6) is 0 Å². The SMILES string of the molecule is CCCNC(c1cccc2cnccc12)C(C)CC. The first-order chi connectivity index (χ1) is 9.27. The molecular weight excluding hydrogens is 232 g/mol. The van der Waals surface area contributed by atoms with E-state index in [9.17, 15) is 0 Å². The molecule has 0 amide bonds. The normalized spacial score (nSPS) is 14.5. The van der Waals surface area contributed by atoms with E-state index in [1.54, 1.807) is 0 Å². The Morgan fingerprint density at radius 2 is 2.05 bits per heavy atom. The third-order valence-corrected chi connectivity index (χ3v) is 3.88. The highest BCUT2D eigenvalue weighted by atomic mass is 14.9. The van der Waals surface area contributed by atoms with Crippen molar-refractivity contribution in [2.45, 2.75) is 39.7 Å². The first-order valence-corrected chi connectivity index (χ1v) is 7.34. The number of hydrogen-bond donors (Lipinski definition) is 1. The van der Waals surface area contributed by atoms with Gasteiger partial charge in [-0.15, -0.1) is 0 Å². The van der Waals surface area contributed by atoms with E-state index < -0.39 is 0 Å². The maximum absolute atomic E-state index is 4.22. The smallest absolute Gasteiger partial charge is 0.0352 e. The molecule has 0 aliphatic carbocycles. The summed E-state index contributed by atoms with van der Waals surface area (Å²) >= 11 is 0. The summed E-state index contributed by atoms with van der Waals surface area (Å²) < 4.78 is 0. The first-order valence-electron chi connectivity index (χ1n) is 7.34. The van der Waals surface area contributed by atoms with E-state index >= 15 is 0 Å². The van der Waals surface area contributed by atoms with E-state index in [1.807, 2.05) is 12.4 Å². The summed E-state index contributed by atoms with van der Waals surface area (Å²) in [5.74, 6) is 0.630. The molecule has 0 bridgehead atoms. The summed E-state index contributed by atoms with van der Waals surface area (Å²) in [6.07, 6.45) is 6.19. The van der Waals surface area contributed by atoms with Crippen molar-refractivity contribution < 1.29 is 0 Å². The summed E-state index contributed by atoms with van der Waals surface area (Å²) in [6, 6.07) is 9.09. The topological polar surface area (TPSA) is 24.9 Å². The van der Waals surface area contributed by atoms with Gasteiger partial charge in [-0.1, -0.05) is 45.4 Å². The molecule has 2 nitrogen and oxygen atoms in total. The van der Waals surface area contributed by atoms with Crippen LogP contribution >= 0.6 is 0 Å². The Morgan fingerprint density at radius 1 is 1.21 bits per heavy atom. The summed E-state index contributed by atoms with van der Waals surface area (Å²) in [4.78, 5) is 4.22. The van der Waals surface area contributed by atoms with Crippen molar-refractivity contribution >= 4 is 10.8 Å². The zero-order valence-corrected chi connectivity index (χ0v) is 12.2. The monoisotopic (exact) mass is 256 g/mol. The van der Waals surface area contributed by atoms with E-state index in [4.69, 9.17) is 0 Å². The van der Waals surface area contributed by atoms with Crippen molar-refractivity contribution in [3.8, 4) is 0 Å². The highest BCUT2D eigenvalue weighted by molar-refractivity contribution is 5.85. The van der Waals surface area contributed by atoms with Crippen LogP contribution in [0.4, 0.5) is 0 Å². The van der Waals surface area contributed by atoms with Crippen LogP contribution < -0.4 is 5.32 Å². The second-order valence-corrected chi connectivity index (χ2v) is 5.26. The van der Waals surface area contributed by atoms with Crippen molar-refractivity contribution in [3.63, 3.8) is 0 Å². The van der Waals surface area contributed by atoms with Gasteiger partial charge in [0.25, 0.3) is 0 Å². The van der Waals surface area contributed by atoms with Gasteiger partial charge >= 0.3 is 0 Å². The van der Waals surface area contributed by atoms with Crippen molar-refractivity contribution in [2.24, 2.45) is 5.92 Å². The first kappa shape index (κ1) is 14.0. The molecule has 2 heteroatoms. The molecule has 2 atom stereocenters. The lowest BCUT2D eigenvalue weighted by molar-refractivity contribution is 0.379. The molecule has 1 aromatic heterocycles. The molecule has 2 unspecified atom stereocenters. The Bertz CT molecular complexity index is 516. The van der Waals surface area contributed by atoms with Gasteiger partial charge in [-0.05, 0) is 35.9 Å². The van der Waals surface area contributed by atoms with E-state index in [2.05, 4.69) is 55.3 Å². The van der Waals surface area contributed by atoms with Crippen LogP contribution in [0.25, 0.3) is 10.8 Å². The van der Waals surface area contributed by atoms with E-state index in [-0.39, 0.29) is 0 Å². The van der Waals surface area contributed by atoms with Crippen LogP contribution in [0, 0.1) is 5.92 Å². The molecule has 0 aliphatic heterocycles. The Labute approximate surface area is 116 Å². The third kappa shape index (κ3) is 3.13. The highest BCUT2D eigenvalue weighted by Gasteiger charge is 2.18. The molecule has 1 N–H and O–H groups in total. The van der Waals surface area contributed by atoms with Crippen LogP contribution in [-0.4, -0.2) is 11.5 Å². The molecule has 1 aromatic carbocycles. The fourth-order valence-corrected chi connectivity index (χ4v) is 2.57. The van der Waals surface area contributed by atoms with Crippen LogP contribution in [0.15, 0.2) is 36.7 Å². The Kier molecular flexibility index (Phi) is 4.92. The van der Waals surface area contributed by atoms with Gasteiger partial charge in [0.1, 0.15) is 0 Å². The average Bonchev–Trinajstić information content (AvgIpc) is 2.47. The van der Waals surface area contributed by atoms with Gasteiger partial charge in [-0.25, -0.2) is 0 Å². The second-order valence-electron chi connectivity index (χ2n) is 5.26. The molecule has 0 aliphatic rings. The summed E-state index contributed by atoms with van der Waals surface area (Å²) in [5, 5.41) is 6.26. The van der Waals surface area contributed by atoms with Gasteiger partial charge in [0.2, 0.25) is 0 Å². The lowest BCUT2D eigenvalue weighted by Crippen LogP contribution is -2.27. The van der Waals surface area contributed by atoms with Gasteiger partial charge in [-0.2, -0.15) is 0 Å². The van der Waals surface area contributed by atoms with Crippen LogP contribution in [-0.2, 0) is 0 Å². The minimum Gasteiger partial charge on any atom is -0.310 e. The Morgan fingerprint density at radius 3 is 2.79 bits per heavy atom. The molecule has 0 spiro atoms. The van der Waals surface area contributed by atoms with Crippen LogP contribution in [0.3, 0.4) is 0 Å². The molecule has 2 aromatic rings. The number of aromatic nitrogens is 1. The molecule has 0 saturated heterocycles. The largest absolute Gasteiger partial charge is 0.310 e. The molecule has 19 heavy (non-hydrogen) atoms. The zero-order valence-electron chi connectivity index (χ0n) is 12.2. The lowest BCUT2D eigenvalue weighted by atomic mass is 9.89. The van der Waals surface area contributed by atoms with Gasteiger partial charge in [0, 0.05) is 23.8 Å². The fourth-order valence-electron chi connectivity index (χ4n) is 2.57. The van der Waals surface area contributed by atoms with E-state index in [1.165, 1.54) is 29.2 Å². The third-order valence-electron chi connectivity index (χ3n) is 3.88. The van der Waals surface area contributed by atoms with E-state index in [0.717, 1.165) is 6.54 Å². The predicted octanol–water partition coefficient (Wildman–Crippen LogP) is 4.32. The van der Waals surface area contributed by atoms with Crippen LogP contribution in [0.2, 0.25) is 0 Å². The fraction of sp³-hybridized carbons (Fsp3) is 0.471. The molecule has 102 valence electrons. The van der Waals surface area contributed by atoms with Crippen molar-refractivity contribution in [1.29, 1.82) is 0 Å². The molecule has 0 radical (unpaired) electrons. The van der Waals surface area contributed by atoms with Crippen molar-refractivity contribution in [1.82, 2.24) is 10.3 Å². The number of nitrogens with zero attached hydrogens (tertiary/aromatic N) is 1. The standard InChI is InChI=1S/C17H24N2/c1-4-10-19-17(13(3)5-2)16-8-6-7-14-12-18-11-9-15(14)16/h6-9,11-13,17,19H,4-5,10H2,1-3H3. The van der Waals surface area contributed by atoms with Gasteiger partial charge < -0.3 is 5.32 Å². The van der Waals surface area contributed by atoms with E-state index in [0.29, 0.717) is 12.0 Å². The second kappa shape index (κ2) is 6.67. The summed E-state index contributed by atoms with van der Waals surface area (Å²) in [5.41, 5.74) is 1.41. The van der Waals surface area contributed by atoms with Gasteiger partial charge in [0.05, 0.1) is 0 Å². The molecule has 1 heterocycles. The highest BCUT2D eigenvalue weighted by Crippen LogP contribution is 2.30. The number of pyridine rings is 1. The number of hydrogen-bond acceptors (Lipinski definition) is 2. The summed E-state index contributed by atoms with van der Waals surface area (Å²) in [6.45, 7) is 7.87. The number of fused-ring (bicyclic) bond motifs is 1. The minimum absolute atomic E-state index is 0.427. The average molecular weight is 256 g/mol. The molecule has 2 rings (SSSR count). The molecule has 0 fully saturated rings. The van der Waals surface area contributed by atoms with Gasteiger partial charge in [0.15, 0.2) is 0 Å². The van der Waals surface area contributed by atoms with Crippen LogP contribution in [0.1, 0.15) is 45.2 Å². The van der Waals surface area contributed by atoms with Crippen molar-refractivity contribution in [3.05, 3.63) is 42.2 Å². The quantitative estimate of drug-likeness (QED) is 0.832. The number of rotatable bonds is 6. The van der Waals surface area contributed by atoms with Gasteiger partial charge in [-0.3, -0.25) is 4.98 Å². The minimum atomic E-state index is 0.427. The molecular formula is C17H24N2. The zero-order chi connectivity index (χ0) is 13.7. The van der Waals surface area contributed by atoms with Crippen molar-refractivity contribution in [2.75, 3.05) is 6.54 Å². The predicted molar refractivity (Wildman–Crippen MR) is 82.2 cm³/mol. The lowest BCUT2D eigenvalue weighted by Gasteiger charge is -2.26. The maximum atomic E-state index is 4.22. The Balaban J connectivity index is 2.43. The number of benzene rings is 1. The Hall–Kier alpha value is -1.41.